The van der Waals surface area contributed by atoms with Gasteiger partial charge in [-0.15, -0.1) is 11.3 Å². The van der Waals surface area contributed by atoms with Crippen molar-refractivity contribution < 1.29 is 28.7 Å². The van der Waals surface area contributed by atoms with Gasteiger partial charge in [-0.1, -0.05) is 23.2 Å². The number of hydrogen-bond donors (Lipinski definition) is 2. The maximum atomic E-state index is 12.5. The number of hydrazine groups is 1. The minimum absolute atomic E-state index is 0.0138. The molecule has 0 spiro atoms. The molecule has 32 heavy (non-hydrogen) atoms. The average Bonchev–Trinajstić information content (AvgIpc) is 3.25. The third-order valence-corrected chi connectivity index (χ3v) is 6.04. The van der Waals surface area contributed by atoms with Gasteiger partial charge >= 0.3 is 5.97 Å². The van der Waals surface area contributed by atoms with Crippen LogP contribution in [-0.4, -0.2) is 52.1 Å². The zero-order valence-electron chi connectivity index (χ0n) is 16.7. The van der Waals surface area contributed by atoms with Gasteiger partial charge in [0.25, 0.3) is 17.7 Å². The Morgan fingerprint density at radius 2 is 1.66 bits per heavy atom. The molecule has 3 rings (SSSR count). The van der Waals surface area contributed by atoms with E-state index in [1.807, 2.05) is 0 Å². The second-order valence-corrected chi connectivity index (χ2v) is 8.49. The molecule has 10 nitrogen and oxygen atoms in total. The Labute approximate surface area is 195 Å². The highest BCUT2D eigenvalue weighted by atomic mass is 35.5. The molecule has 1 aliphatic rings. The summed E-state index contributed by atoms with van der Waals surface area (Å²) >= 11 is 13.1. The zero-order chi connectivity index (χ0) is 23.6. The third kappa shape index (κ3) is 5.06. The molecule has 1 aromatic carbocycles. The van der Waals surface area contributed by atoms with Gasteiger partial charge in [-0.25, -0.2) is 9.78 Å². The van der Waals surface area contributed by atoms with E-state index in [9.17, 15) is 24.0 Å². The van der Waals surface area contributed by atoms with Gasteiger partial charge in [0, 0.05) is 11.1 Å². The number of benzene rings is 1. The minimum atomic E-state index is -1.31. The molecule has 1 aromatic heterocycles. The molecule has 2 aromatic rings. The second kappa shape index (κ2) is 9.63. The molecule has 0 aliphatic carbocycles. The molecule has 0 saturated carbocycles. The van der Waals surface area contributed by atoms with Crippen LogP contribution in [0.4, 0.5) is 0 Å². The summed E-state index contributed by atoms with van der Waals surface area (Å²) in [5.74, 6) is -3.77. The lowest BCUT2D eigenvalue weighted by atomic mass is 10.1. The van der Waals surface area contributed by atoms with E-state index in [0.717, 1.165) is 5.69 Å². The molecule has 2 N–H and O–H groups in total. The largest absolute Gasteiger partial charge is 0.454 e. The second-order valence-electron chi connectivity index (χ2n) is 6.73. The van der Waals surface area contributed by atoms with E-state index >= 15 is 0 Å². The summed E-state index contributed by atoms with van der Waals surface area (Å²) in [4.78, 5) is 65.9. The zero-order valence-corrected chi connectivity index (χ0v) is 19.1. The molecule has 0 fully saturated rings. The number of nitrogens with zero attached hydrogens (tertiary/aromatic N) is 2. The molecular weight excluding hydrogens is 483 g/mol. The average molecular weight is 499 g/mol. The first kappa shape index (κ1) is 23.6. The molecule has 0 saturated heterocycles. The number of thiazole rings is 1. The SMILES string of the molecule is Cc1csc(CC(=O)NNC(=O)COC(=O)[C@H](C)N2C(=O)c3cc(Cl)c(Cl)cc3C2=O)n1. The topological polar surface area (TPSA) is 135 Å². The third-order valence-electron chi connectivity index (χ3n) is 4.35. The summed E-state index contributed by atoms with van der Waals surface area (Å²) < 4.78 is 4.86. The summed E-state index contributed by atoms with van der Waals surface area (Å²) in [6, 6.07) is 1.19. The van der Waals surface area contributed by atoms with Crippen molar-refractivity contribution in [1.82, 2.24) is 20.7 Å². The maximum absolute atomic E-state index is 12.5. The van der Waals surface area contributed by atoms with Crippen molar-refractivity contribution in [3.8, 4) is 0 Å². The standard InChI is InChI=1S/C19H16Cl2N4O6S/c1-8-7-32-16(22-8)5-14(26)23-24-15(27)6-31-19(30)9(2)25-17(28)10-3-12(20)13(21)4-11(10)18(25)29/h3-4,7,9H,5-6H2,1-2H3,(H,23,26)(H,24,27)/t9-/m0/s1. The molecule has 2 heterocycles. The Kier molecular flexibility index (Phi) is 7.12. The Morgan fingerprint density at radius 1 is 1.09 bits per heavy atom. The lowest BCUT2D eigenvalue weighted by Crippen LogP contribution is -2.46. The molecule has 0 unspecified atom stereocenters. The number of fused-ring (bicyclic) bond motifs is 1. The Bertz CT molecular complexity index is 1090. The van der Waals surface area contributed by atoms with Gasteiger partial charge in [0.05, 0.1) is 27.6 Å². The molecule has 13 heteroatoms. The number of carbonyl (C=O) groups excluding carboxylic acids is 5. The van der Waals surface area contributed by atoms with Gasteiger partial charge in [0.15, 0.2) is 6.61 Å². The van der Waals surface area contributed by atoms with Crippen LogP contribution < -0.4 is 10.9 Å². The van der Waals surface area contributed by atoms with Crippen molar-refractivity contribution in [1.29, 1.82) is 0 Å². The van der Waals surface area contributed by atoms with Crippen molar-refractivity contribution in [2.75, 3.05) is 6.61 Å². The van der Waals surface area contributed by atoms with Crippen LogP contribution in [0.25, 0.3) is 0 Å². The summed E-state index contributed by atoms with van der Waals surface area (Å²) in [6.07, 6.45) is -0.0244. The Balaban J connectivity index is 1.50. The highest BCUT2D eigenvalue weighted by Crippen LogP contribution is 2.32. The fraction of sp³-hybridized carbons (Fsp3) is 0.263. The number of carbonyl (C=O) groups is 5. The lowest BCUT2D eigenvalue weighted by Gasteiger charge is -2.20. The fourth-order valence-corrected chi connectivity index (χ4v) is 3.91. The molecule has 1 atom stereocenters. The van der Waals surface area contributed by atoms with Crippen LogP contribution in [0.15, 0.2) is 17.5 Å². The fourth-order valence-electron chi connectivity index (χ4n) is 2.81. The quantitative estimate of drug-likeness (QED) is 0.351. The van der Waals surface area contributed by atoms with Gasteiger partial charge in [-0.05, 0) is 26.0 Å². The molecular formula is C19H16Cl2N4O6S. The van der Waals surface area contributed by atoms with Crippen molar-refractivity contribution in [3.63, 3.8) is 0 Å². The highest BCUT2D eigenvalue weighted by molar-refractivity contribution is 7.09. The van der Waals surface area contributed by atoms with Crippen molar-refractivity contribution in [2.45, 2.75) is 26.3 Å². The summed E-state index contributed by atoms with van der Waals surface area (Å²) in [7, 11) is 0. The lowest BCUT2D eigenvalue weighted by molar-refractivity contribution is -0.152. The number of ether oxygens (including phenoxy) is 1. The predicted molar refractivity (Wildman–Crippen MR) is 114 cm³/mol. The smallest absolute Gasteiger partial charge is 0.329 e. The molecule has 0 radical (unpaired) electrons. The number of aromatic nitrogens is 1. The summed E-state index contributed by atoms with van der Waals surface area (Å²) in [6.45, 7) is 2.34. The van der Waals surface area contributed by atoms with Gasteiger partial charge in [0.2, 0.25) is 5.91 Å². The van der Waals surface area contributed by atoms with Crippen LogP contribution in [0.3, 0.4) is 0 Å². The Hall–Kier alpha value is -3.02. The molecule has 168 valence electrons. The van der Waals surface area contributed by atoms with Crippen LogP contribution in [0.1, 0.15) is 38.3 Å². The van der Waals surface area contributed by atoms with Crippen LogP contribution in [0.2, 0.25) is 10.0 Å². The van der Waals surface area contributed by atoms with Gasteiger partial charge < -0.3 is 4.74 Å². The Morgan fingerprint density at radius 3 is 2.19 bits per heavy atom. The van der Waals surface area contributed by atoms with Crippen molar-refractivity contribution in [3.05, 3.63) is 49.4 Å². The number of hydrogen-bond acceptors (Lipinski definition) is 8. The van der Waals surface area contributed by atoms with E-state index in [-0.39, 0.29) is 27.6 Å². The number of nitrogens with one attached hydrogen (secondary N) is 2. The first-order chi connectivity index (χ1) is 15.1. The highest BCUT2D eigenvalue weighted by Gasteiger charge is 2.42. The summed E-state index contributed by atoms with van der Waals surface area (Å²) in [5.41, 5.74) is 5.09. The first-order valence-corrected chi connectivity index (χ1v) is 10.7. The number of esters is 1. The van der Waals surface area contributed by atoms with Crippen LogP contribution in [-0.2, 0) is 25.5 Å². The van der Waals surface area contributed by atoms with Gasteiger partial charge in [-0.3, -0.25) is 34.9 Å². The van der Waals surface area contributed by atoms with E-state index in [1.54, 1.807) is 12.3 Å². The van der Waals surface area contributed by atoms with Gasteiger partial charge in [-0.2, -0.15) is 0 Å². The van der Waals surface area contributed by atoms with Crippen molar-refractivity contribution >= 4 is 64.1 Å². The number of rotatable bonds is 6. The predicted octanol–water partition coefficient (Wildman–Crippen LogP) is 1.68. The van der Waals surface area contributed by atoms with Crippen molar-refractivity contribution in [2.24, 2.45) is 0 Å². The van der Waals surface area contributed by atoms with E-state index in [4.69, 9.17) is 27.9 Å². The molecule has 1 aliphatic heterocycles. The van der Waals surface area contributed by atoms with Gasteiger partial charge in [0.1, 0.15) is 11.0 Å². The number of imide groups is 1. The van der Waals surface area contributed by atoms with E-state index in [2.05, 4.69) is 15.8 Å². The maximum Gasteiger partial charge on any atom is 0.329 e. The number of halogens is 2. The minimum Gasteiger partial charge on any atom is -0.454 e. The van der Waals surface area contributed by atoms with E-state index in [0.29, 0.717) is 9.91 Å². The summed E-state index contributed by atoms with van der Waals surface area (Å²) in [5, 5.41) is 2.55. The number of aryl methyl sites for hydroxylation is 1. The van der Waals surface area contributed by atoms with E-state index in [1.165, 1.54) is 30.4 Å². The molecule has 0 bridgehead atoms. The van der Waals surface area contributed by atoms with E-state index < -0.39 is 42.2 Å². The monoisotopic (exact) mass is 498 g/mol. The number of amides is 4. The van der Waals surface area contributed by atoms with Crippen LogP contribution in [0, 0.1) is 6.92 Å². The van der Waals surface area contributed by atoms with Crippen LogP contribution in [0.5, 0.6) is 0 Å². The molecule has 4 amide bonds. The first-order valence-electron chi connectivity index (χ1n) is 9.10. The van der Waals surface area contributed by atoms with Crippen LogP contribution >= 0.6 is 34.5 Å². The normalized spacial score (nSPS) is 13.6.